The Hall–Kier alpha value is -2.31. The molecule has 0 aliphatic heterocycles. The van der Waals surface area contributed by atoms with Gasteiger partial charge in [0.2, 0.25) is 5.91 Å². The summed E-state index contributed by atoms with van der Waals surface area (Å²) in [6.07, 6.45) is 9.22. The van der Waals surface area contributed by atoms with Gasteiger partial charge in [-0.15, -0.1) is 28.2 Å². The fraction of sp³-hybridized carbons (Fsp3) is 0.643. The molecule has 0 aromatic carbocycles. The van der Waals surface area contributed by atoms with Gasteiger partial charge < -0.3 is 10.0 Å². The normalized spacial score (nSPS) is 24.2. The second-order valence-corrected chi connectivity index (χ2v) is 13.9. The Bertz CT molecular complexity index is 1170. The number of nitrogens with zero attached hydrogens (tertiary/aromatic N) is 4. The van der Waals surface area contributed by atoms with Crippen LogP contribution in [-0.4, -0.2) is 43.3 Å². The van der Waals surface area contributed by atoms with Gasteiger partial charge in [0.1, 0.15) is 9.90 Å². The van der Waals surface area contributed by atoms with Crippen molar-refractivity contribution in [3.63, 3.8) is 0 Å². The van der Waals surface area contributed by atoms with E-state index in [2.05, 4.69) is 29.1 Å². The molecule has 9 heteroatoms. The summed E-state index contributed by atoms with van der Waals surface area (Å²) in [5, 5.41) is 19.6. The van der Waals surface area contributed by atoms with E-state index in [4.69, 9.17) is 0 Å². The Morgan fingerprint density at radius 1 is 1.14 bits per heavy atom. The Balaban J connectivity index is 1.62. The van der Waals surface area contributed by atoms with Crippen LogP contribution in [0.2, 0.25) is 0 Å². The number of carboxylic acid groups (broad SMARTS) is 1. The van der Waals surface area contributed by atoms with Crippen molar-refractivity contribution < 1.29 is 14.7 Å². The Morgan fingerprint density at radius 2 is 1.81 bits per heavy atom. The minimum absolute atomic E-state index is 0.00973. The molecule has 7 nitrogen and oxygen atoms in total. The number of carbonyl (C=O) groups excluding carboxylic acids is 1. The minimum atomic E-state index is -0.994. The van der Waals surface area contributed by atoms with Gasteiger partial charge in [-0.25, -0.2) is 9.48 Å². The number of hydrogen-bond donors (Lipinski definition) is 1. The molecule has 2 aliphatic rings. The van der Waals surface area contributed by atoms with Crippen LogP contribution >= 0.6 is 23.1 Å². The average molecular weight is 543 g/mol. The number of carbonyl (C=O) groups is 2. The summed E-state index contributed by atoms with van der Waals surface area (Å²) in [6, 6.07) is 1.84. The van der Waals surface area contributed by atoms with E-state index in [9.17, 15) is 14.7 Å². The van der Waals surface area contributed by atoms with E-state index in [0.29, 0.717) is 21.7 Å². The van der Waals surface area contributed by atoms with Crippen molar-refractivity contribution in [3.8, 4) is 11.8 Å². The smallest absolute Gasteiger partial charge is 0.348 e. The monoisotopic (exact) mass is 542 g/mol. The molecule has 200 valence electrons. The molecule has 1 amide bonds. The van der Waals surface area contributed by atoms with Crippen molar-refractivity contribution in [2.45, 2.75) is 95.4 Å². The molecule has 2 aromatic rings. The van der Waals surface area contributed by atoms with E-state index in [1.807, 2.05) is 38.8 Å². The van der Waals surface area contributed by atoms with Gasteiger partial charge in [0.05, 0.1) is 16.8 Å². The SMILES string of the molecule is CC1CCC(C(=O)N(c2cc(C#CC(C)(C)C)sc2C(=O)O)C2CCC(Sc3cnnn3C)CC2)CC1. The molecule has 0 unspecified atom stereocenters. The molecule has 1 N–H and O–H groups in total. The van der Waals surface area contributed by atoms with E-state index >= 15 is 0 Å². The maximum absolute atomic E-state index is 14.1. The number of thiophene rings is 1. The molecule has 0 spiro atoms. The van der Waals surface area contributed by atoms with E-state index < -0.39 is 5.97 Å². The van der Waals surface area contributed by atoms with Crippen LogP contribution in [0, 0.1) is 29.1 Å². The predicted octanol–water partition coefficient (Wildman–Crippen LogP) is 6.24. The Kier molecular flexibility index (Phi) is 8.70. The van der Waals surface area contributed by atoms with Gasteiger partial charge in [-0.2, -0.15) is 0 Å². The lowest BCUT2D eigenvalue weighted by atomic mass is 9.81. The number of anilines is 1. The summed E-state index contributed by atoms with van der Waals surface area (Å²) in [6.45, 7) is 8.34. The van der Waals surface area contributed by atoms with E-state index in [1.54, 1.807) is 22.6 Å². The maximum atomic E-state index is 14.1. The zero-order valence-corrected chi connectivity index (χ0v) is 24.1. The highest BCUT2D eigenvalue weighted by molar-refractivity contribution is 7.99. The number of rotatable bonds is 6. The number of carboxylic acids is 1. The zero-order valence-electron chi connectivity index (χ0n) is 22.5. The maximum Gasteiger partial charge on any atom is 0.348 e. The summed E-state index contributed by atoms with van der Waals surface area (Å²) in [5.74, 6) is 6.07. The Morgan fingerprint density at radius 3 is 2.38 bits per heavy atom. The molecule has 0 bridgehead atoms. The van der Waals surface area contributed by atoms with Crippen LogP contribution in [0.4, 0.5) is 5.69 Å². The molecule has 37 heavy (non-hydrogen) atoms. The fourth-order valence-electron chi connectivity index (χ4n) is 5.20. The summed E-state index contributed by atoms with van der Waals surface area (Å²) in [4.78, 5) is 29.2. The lowest BCUT2D eigenvalue weighted by molar-refractivity contribution is -0.124. The van der Waals surface area contributed by atoms with Gasteiger partial charge in [-0.05, 0) is 84.1 Å². The molecule has 2 saturated carbocycles. The minimum Gasteiger partial charge on any atom is -0.477 e. The second-order valence-electron chi connectivity index (χ2n) is 11.5. The first-order valence-electron chi connectivity index (χ1n) is 13.3. The largest absolute Gasteiger partial charge is 0.477 e. The summed E-state index contributed by atoms with van der Waals surface area (Å²) in [7, 11) is 1.90. The molecule has 2 fully saturated rings. The van der Waals surface area contributed by atoms with Crippen LogP contribution in [0.5, 0.6) is 0 Å². The van der Waals surface area contributed by atoms with E-state index in [-0.39, 0.29) is 28.2 Å². The van der Waals surface area contributed by atoms with Gasteiger partial charge >= 0.3 is 5.97 Å². The number of aromatic nitrogens is 3. The summed E-state index contributed by atoms with van der Waals surface area (Å²) < 4.78 is 1.79. The first-order valence-corrected chi connectivity index (χ1v) is 15.0. The quantitative estimate of drug-likeness (QED) is 0.435. The van der Waals surface area contributed by atoms with Crippen molar-refractivity contribution in [1.82, 2.24) is 15.0 Å². The fourth-order valence-corrected chi connectivity index (χ4v) is 7.19. The van der Waals surface area contributed by atoms with Crippen LogP contribution in [-0.2, 0) is 11.8 Å². The van der Waals surface area contributed by atoms with Crippen molar-refractivity contribution >= 4 is 40.7 Å². The third kappa shape index (κ3) is 6.97. The molecule has 0 atom stereocenters. The lowest BCUT2D eigenvalue weighted by Crippen LogP contribution is -2.46. The van der Waals surface area contributed by atoms with Crippen LogP contribution in [0.1, 0.15) is 93.6 Å². The highest BCUT2D eigenvalue weighted by Crippen LogP contribution is 2.41. The van der Waals surface area contributed by atoms with Crippen molar-refractivity contribution in [2.75, 3.05) is 4.90 Å². The molecular formula is C28H38N4O3S2. The molecule has 0 radical (unpaired) electrons. The van der Waals surface area contributed by atoms with Crippen LogP contribution in [0.25, 0.3) is 0 Å². The highest BCUT2D eigenvalue weighted by Gasteiger charge is 2.37. The van der Waals surface area contributed by atoms with Crippen LogP contribution < -0.4 is 4.90 Å². The molecular weight excluding hydrogens is 504 g/mol. The van der Waals surface area contributed by atoms with Gasteiger partial charge in [0, 0.05) is 29.7 Å². The number of thioether (sulfide) groups is 1. The van der Waals surface area contributed by atoms with E-state index in [1.165, 1.54) is 11.3 Å². The topological polar surface area (TPSA) is 88.3 Å². The zero-order chi connectivity index (χ0) is 26.7. The van der Waals surface area contributed by atoms with Crippen LogP contribution in [0.15, 0.2) is 17.3 Å². The third-order valence-corrected chi connectivity index (χ3v) is 9.74. The van der Waals surface area contributed by atoms with Gasteiger partial charge in [0.25, 0.3) is 0 Å². The second kappa shape index (κ2) is 11.6. The number of hydrogen-bond acceptors (Lipinski definition) is 6. The third-order valence-electron chi connectivity index (χ3n) is 7.30. The van der Waals surface area contributed by atoms with Crippen LogP contribution in [0.3, 0.4) is 0 Å². The number of aromatic carboxylic acids is 1. The van der Waals surface area contributed by atoms with Gasteiger partial charge in [0.15, 0.2) is 0 Å². The first-order chi connectivity index (χ1) is 17.5. The standard InChI is InChI=1S/C28H38N4O3S2/c1-18-6-8-19(9-7-18)26(33)32(20-10-12-21(13-11-20)36-24-17-29-30-31(24)5)23-16-22(14-15-28(2,3)4)37-25(23)27(34)35/h16-21H,6-13H2,1-5H3,(H,34,35). The molecule has 2 heterocycles. The lowest BCUT2D eigenvalue weighted by Gasteiger charge is -2.39. The molecule has 2 aromatic heterocycles. The van der Waals surface area contributed by atoms with Gasteiger partial charge in [-0.3, -0.25) is 4.79 Å². The summed E-state index contributed by atoms with van der Waals surface area (Å²) in [5.41, 5.74) is 0.340. The van der Waals surface area contributed by atoms with E-state index in [0.717, 1.165) is 56.4 Å². The highest BCUT2D eigenvalue weighted by atomic mass is 32.2. The van der Waals surface area contributed by atoms with Crippen molar-refractivity contribution in [1.29, 1.82) is 0 Å². The molecule has 0 saturated heterocycles. The van der Waals surface area contributed by atoms with Crippen molar-refractivity contribution in [3.05, 3.63) is 22.0 Å². The molecule has 4 rings (SSSR count). The summed E-state index contributed by atoms with van der Waals surface area (Å²) >= 11 is 2.97. The molecule has 2 aliphatic carbocycles. The predicted molar refractivity (Wildman–Crippen MR) is 149 cm³/mol. The Labute approximate surface area is 228 Å². The van der Waals surface area contributed by atoms with Crippen molar-refractivity contribution in [2.24, 2.45) is 24.3 Å². The average Bonchev–Trinajstić information content (AvgIpc) is 3.45. The number of amides is 1. The van der Waals surface area contributed by atoms with Gasteiger partial charge in [-0.1, -0.05) is 24.0 Å². The number of aryl methyl sites for hydroxylation is 1. The first kappa shape index (κ1) is 27.7.